The maximum Gasteiger partial charge on any atom is 0.261 e. The van der Waals surface area contributed by atoms with Gasteiger partial charge in [-0.2, -0.15) is 0 Å². The van der Waals surface area contributed by atoms with Crippen LogP contribution in [0.2, 0.25) is 0 Å². The predicted molar refractivity (Wildman–Crippen MR) is 115 cm³/mol. The highest BCUT2D eigenvalue weighted by Gasteiger charge is 2.25. The fraction of sp³-hybridized carbons (Fsp3) is 0.120. The lowest BCUT2D eigenvalue weighted by molar-refractivity contribution is -0.133. The van der Waals surface area contributed by atoms with Crippen LogP contribution in [0.3, 0.4) is 0 Å². The largest absolute Gasteiger partial charge is 0.484 e. The van der Waals surface area contributed by atoms with Gasteiger partial charge >= 0.3 is 0 Å². The fourth-order valence-corrected chi connectivity index (χ4v) is 3.46. The number of carbonyl (C=O) groups is 1. The summed E-state index contributed by atoms with van der Waals surface area (Å²) in [5.41, 5.74) is 1.31. The molecule has 5 heteroatoms. The number of aromatic nitrogens is 1. The Morgan fingerprint density at radius 2 is 1.77 bits per heavy atom. The normalized spacial score (nSPS) is 11.8. The summed E-state index contributed by atoms with van der Waals surface area (Å²) in [7, 11) is 1.68. The lowest BCUT2D eigenvalue weighted by atomic mass is 10.0. The molecule has 150 valence electrons. The Kier molecular flexibility index (Phi) is 5.70. The summed E-state index contributed by atoms with van der Waals surface area (Å²) in [6.07, 6.45) is 1.66. The number of hydrogen-bond acceptors (Lipinski definition) is 3. The van der Waals surface area contributed by atoms with Crippen molar-refractivity contribution < 1.29 is 13.9 Å². The molecule has 0 fully saturated rings. The molecule has 0 aliphatic carbocycles. The van der Waals surface area contributed by atoms with Crippen LogP contribution in [0.25, 0.3) is 10.8 Å². The average Bonchev–Trinajstić information content (AvgIpc) is 2.78. The van der Waals surface area contributed by atoms with Gasteiger partial charge in [0.15, 0.2) is 6.61 Å². The van der Waals surface area contributed by atoms with E-state index < -0.39 is 6.04 Å². The van der Waals surface area contributed by atoms with Crippen LogP contribution >= 0.6 is 0 Å². The van der Waals surface area contributed by atoms with E-state index in [2.05, 4.69) is 4.98 Å². The topological polar surface area (TPSA) is 42.4 Å². The summed E-state index contributed by atoms with van der Waals surface area (Å²) >= 11 is 0. The zero-order valence-corrected chi connectivity index (χ0v) is 16.5. The molecule has 1 amide bonds. The van der Waals surface area contributed by atoms with Gasteiger partial charge < -0.3 is 9.64 Å². The van der Waals surface area contributed by atoms with Gasteiger partial charge in [0.05, 0.1) is 11.7 Å². The highest BCUT2D eigenvalue weighted by molar-refractivity contribution is 5.84. The predicted octanol–water partition coefficient (Wildman–Crippen LogP) is 5.00. The molecule has 4 nitrogen and oxygen atoms in total. The first-order valence-corrected chi connectivity index (χ1v) is 9.65. The number of halogens is 1. The van der Waals surface area contributed by atoms with E-state index in [1.54, 1.807) is 31.4 Å². The number of likely N-dealkylation sites (N-methyl/N-ethyl adjacent to an activating group) is 1. The number of nitrogens with zero attached hydrogens (tertiary/aromatic N) is 2. The van der Waals surface area contributed by atoms with E-state index in [-0.39, 0.29) is 18.3 Å². The highest BCUT2D eigenvalue weighted by atomic mass is 19.1. The minimum absolute atomic E-state index is 0.131. The first kappa shape index (κ1) is 19.6. The molecule has 3 aromatic carbocycles. The number of hydrogen-bond donors (Lipinski definition) is 0. The van der Waals surface area contributed by atoms with Crippen molar-refractivity contribution in [3.05, 3.63) is 108 Å². The third-order valence-electron chi connectivity index (χ3n) is 5.00. The minimum atomic E-state index is -0.519. The van der Waals surface area contributed by atoms with E-state index in [1.807, 2.05) is 54.6 Å². The summed E-state index contributed by atoms with van der Waals surface area (Å²) in [5, 5.41) is 2.15. The second-order valence-corrected chi connectivity index (χ2v) is 7.01. The summed E-state index contributed by atoms with van der Waals surface area (Å²) in [4.78, 5) is 18.9. The molecule has 1 aromatic heterocycles. The number of rotatable bonds is 6. The van der Waals surface area contributed by atoms with Gasteiger partial charge in [-0.15, -0.1) is 0 Å². The zero-order chi connectivity index (χ0) is 20.9. The van der Waals surface area contributed by atoms with Crippen molar-refractivity contribution in [1.29, 1.82) is 0 Å². The Hall–Kier alpha value is -3.73. The standard InChI is InChI=1S/C25H21FN2O2/c1-28(24(29)17-30-22-13-12-18-7-2-3-8-19(18)16-22)25(23-11-4-5-14-27-23)20-9-6-10-21(26)15-20/h2-16,25H,17H2,1H3. The second kappa shape index (κ2) is 8.74. The van der Waals surface area contributed by atoms with Crippen LogP contribution < -0.4 is 4.74 Å². The average molecular weight is 400 g/mol. The van der Waals surface area contributed by atoms with Gasteiger partial charge in [-0.05, 0) is 52.7 Å². The summed E-state index contributed by atoms with van der Waals surface area (Å²) in [6.45, 7) is -0.131. The summed E-state index contributed by atoms with van der Waals surface area (Å²) < 4.78 is 19.6. The van der Waals surface area contributed by atoms with Crippen LogP contribution in [-0.4, -0.2) is 29.4 Å². The number of pyridine rings is 1. The van der Waals surface area contributed by atoms with Crippen molar-refractivity contribution in [2.75, 3.05) is 13.7 Å². The molecule has 1 atom stereocenters. The molecule has 4 aromatic rings. The molecule has 0 spiro atoms. The molecule has 1 heterocycles. The van der Waals surface area contributed by atoms with Crippen molar-refractivity contribution >= 4 is 16.7 Å². The second-order valence-electron chi connectivity index (χ2n) is 7.01. The number of fused-ring (bicyclic) bond motifs is 1. The Morgan fingerprint density at radius 3 is 2.53 bits per heavy atom. The van der Waals surface area contributed by atoms with E-state index in [4.69, 9.17) is 4.74 Å². The molecule has 4 rings (SSSR count). The quantitative estimate of drug-likeness (QED) is 0.457. The number of benzene rings is 3. The van der Waals surface area contributed by atoms with Gasteiger partial charge in [0.2, 0.25) is 0 Å². The molecule has 0 bridgehead atoms. The number of amides is 1. The summed E-state index contributed by atoms with van der Waals surface area (Å²) in [6, 6.07) is 24.8. The summed E-state index contributed by atoms with van der Waals surface area (Å²) in [5.74, 6) is 0.0281. The maximum atomic E-state index is 13.9. The SMILES string of the molecule is CN(C(=O)COc1ccc2ccccc2c1)C(c1cccc(F)c1)c1ccccn1. The minimum Gasteiger partial charge on any atom is -0.484 e. The van der Waals surface area contributed by atoms with Crippen molar-refractivity contribution in [1.82, 2.24) is 9.88 Å². The van der Waals surface area contributed by atoms with Crippen LogP contribution in [0.15, 0.2) is 91.1 Å². The van der Waals surface area contributed by atoms with Crippen LogP contribution in [0.1, 0.15) is 17.3 Å². The molecule has 0 aliphatic rings. The smallest absolute Gasteiger partial charge is 0.261 e. The van der Waals surface area contributed by atoms with E-state index in [0.717, 1.165) is 10.8 Å². The monoisotopic (exact) mass is 400 g/mol. The number of ether oxygens (including phenoxy) is 1. The first-order valence-electron chi connectivity index (χ1n) is 9.65. The molecule has 0 radical (unpaired) electrons. The van der Waals surface area contributed by atoms with Crippen molar-refractivity contribution in [3.8, 4) is 5.75 Å². The van der Waals surface area contributed by atoms with Crippen LogP contribution in [0.5, 0.6) is 5.75 Å². The van der Waals surface area contributed by atoms with Crippen molar-refractivity contribution in [2.24, 2.45) is 0 Å². The molecule has 1 unspecified atom stereocenters. The van der Waals surface area contributed by atoms with Crippen molar-refractivity contribution in [2.45, 2.75) is 6.04 Å². The number of carbonyl (C=O) groups excluding carboxylic acids is 1. The lowest BCUT2D eigenvalue weighted by Crippen LogP contribution is -2.35. The Balaban J connectivity index is 1.54. The van der Waals surface area contributed by atoms with E-state index in [1.165, 1.54) is 17.0 Å². The highest BCUT2D eigenvalue weighted by Crippen LogP contribution is 2.27. The van der Waals surface area contributed by atoms with Crippen LogP contribution in [-0.2, 0) is 4.79 Å². The van der Waals surface area contributed by atoms with Gasteiger partial charge in [-0.25, -0.2) is 4.39 Å². The van der Waals surface area contributed by atoms with Crippen LogP contribution in [0.4, 0.5) is 4.39 Å². The van der Waals surface area contributed by atoms with Crippen molar-refractivity contribution in [3.63, 3.8) is 0 Å². The fourth-order valence-electron chi connectivity index (χ4n) is 3.46. The molecular weight excluding hydrogens is 379 g/mol. The van der Waals surface area contributed by atoms with Gasteiger partial charge in [-0.1, -0.05) is 48.5 Å². The molecular formula is C25H21FN2O2. The third-order valence-corrected chi connectivity index (χ3v) is 5.00. The van der Waals surface area contributed by atoms with Gasteiger partial charge in [0.25, 0.3) is 5.91 Å². The molecule has 0 aliphatic heterocycles. The Labute approximate surface area is 174 Å². The zero-order valence-electron chi connectivity index (χ0n) is 16.5. The van der Waals surface area contributed by atoms with Gasteiger partial charge in [0, 0.05) is 13.2 Å². The molecule has 30 heavy (non-hydrogen) atoms. The maximum absolute atomic E-state index is 13.9. The molecule has 0 N–H and O–H groups in total. The lowest BCUT2D eigenvalue weighted by Gasteiger charge is -2.28. The van der Waals surface area contributed by atoms with E-state index in [0.29, 0.717) is 17.0 Å². The van der Waals surface area contributed by atoms with E-state index >= 15 is 0 Å². The Morgan fingerprint density at radius 1 is 0.967 bits per heavy atom. The third kappa shape index (κ3) is 4.30. The molecule has 0 saturated heterocycles. The van der Waals surface area contributed by atoms with Gasteiger partial charge in [0.1, 0.15) is 11.6 Å². The first-order chi connectivity index (χ1) is 14.6. The Bertz CT molecular complexity index is 1160. The van der Waals surface area contributed by atoms with Gasteiger partial charge in [-0.3, -0.25) is 9.78 Å². The molecule has 0 saturated carbocycles. The van der Waals surface area contributed by atoms with E-state index in [9.17, 15) is 9.18 Å². The van der Waals surface area contributed by atoms with Crippen LogP contribution in [0, 0.1) is 5.82 Å².